The van der Waals surface area contributed by atoms with Crippen molar-refractivity contribution in [2.24, 2.45) is 0 Å². The third kappa shape index (κ3) is 3.89. The van der Waals surface area contributed by atoms with Crippen molar-refractivity contribution in [2.45, 2.75) is 17.9 Å². The van der Waals surface area contributed by atoms with Gasteiger partial charge in [0, 0.05) is 23.6 Å². The van der Waals surface area contributed by atoms with E-state index >= 15 is 0 Å². The second-order valence-corrected chi connectivity index (χ2v) is 7.55. The maximum atomic E-state index is 12.2. The molecule has 130 valence electrons. The van der Waals surface area contributed by atoms with Crippen LogP contribution in [0.4, 0.5) is 0 Å². The molecule has 25 heavy (non-hydrogen) atoms. The average Bonchev–Trinajstić information content (AvgIpc) is 3.03. The Kier molecular flexibility index (Phi) is 4.87. The molecule has 0 spiro atoms. The minimum absolute atomic E-state index is 0.119. The third-order valence-electron chi connectivity index (χ3n) is 3.99. The van der Waals surface area contributed by atoms with Crippen LogP contribution in [0.2, 0.25) is 0 Å². The normalized spacial score (nSPS) is 11.6. The molecule has 0 bridgehead atoms. The number of fused-ring (bicyclic) bond motifs is 1. The summed E-state index contributed by atoms with van der Waals surface area (Å²) < 4.78 is 25.9. The largest absolute Gasteiger partial charge is 0.361 e. The molecule has 0 unspecified atom stereocenters. The first-order valence-corrected chi connectivity index (χ1v) is 9.32. The van der Waals surface area contributed by atoms with Gasteiger partial charge >= 0.3 is 0 Å². The summed E-state index contributed by atoms with van der Waals surface area (Å²) in [6, 6.07) is 14.3. The fourth-order valence-corrected chi connectivity index (χ4v) is 3.45. The summed E-state index contributed by atoms with van der Waals surface area (Å²) in [5, 5.41) is 3.86. The van der Waals surface area contributed by atoms with Crippen molar-refractivity contribution in [3.8, 4) is 0 Å². The van der Waals surface area contributed by atoms with E-state index in [1.165, 1.54) is 13.1 Å². The van der Waals surface area contributed by atoms with Crippen LogP contribution < -0.4 is 10.0 Å². The van der Waals surface area contributed by atoms with Crippen LogP contribution in [0.5, 0.6) is 0 Å². The molecule has 3 N–H and O–H groups in total. The van der Waals surface area contributed by atoms with Crippen LogP contribution in [0.1, 0.15) is 11.1 Å². The van der Waals surface area contributed by atoms with E-state index in [1.807, 2.05) is 30.5 Å². The molecule has 0 atom stereocenters. The fraction of sp³-hybridized carbons (Fsp3) is 0.167. The van der Waals surface area contributed by atoms with E-state index < -0.39 is 10.0 Å². The van der Waals surface area contributed by atoms with Gasteiger partial charge in [-0.05, 0) is 36.4 Å². The van der Waals surface area contributed by atoms with Gasteiger partial charge in [0.25, 0.3) is 0 Å². The lowest BCUT2D eigenvalue weighted by atomic mass is 10.1. The summed E-state index contributed by atoms with van der Waals surface area (Å²) >= 11 is 0. The van der Waals surface area contributed by atoms with Crippen LogP contribution in [0.3, 0.4) is 0 Å². The summed E-state index contributed by atoms with van der Waals surface area (Å²) in [4.78, 5) is 15.5. The number of rotatable bonds is 6. The van der Waals surface area contributed by atoms with Gasteiger partial charge in [0.15, 0.2) is 0 Å². The molecule has 1 aromatic heterocycles. The van der Waals surface area contributed by atoms with E-state index in [4.69, 9.17) is 0 Å². The van der Waals surface area contributed by atoms with Crippen LogP contribution >= 0.6 is 0 Å². The minimum Gasteiger partial charge on any atom is -0.361 e. The molecule has 2 aromatic carbocycles. The predicted octanol–water partition coefficient (Wildman–Crippen LogP) is 1.93. The fourth-order valence-electron chi connectivity index (χ4n) is 2.65. The highest BCUT2D eigenvalue weighted by atomic mass is 32.2. The molecule has 0 saturated carbocycles. The highest BCUT2D eigenvalue weighted by Crippen LogP contribution is 2.18. The van der Waals surface area contributed by atoms with Crippen LogP contribution in [0.25, 0.3) is 10.9 Å². The van der Waals surface area contributed by atoms with Gasteiger partial charge in [0.2, 0.25) is 15.9 Å². The monoisotopic (exact) mass is 357 g/mol. The van der Waals surface area contributed by atoms with E-state index in [0.717, 1.165) is 22.0 Å². The third-order valence-corrected chi connectivity index (χ3v) is 5.41. The smallest absolute Gasteiger partial charge is 0.240 e. The predicted molar refractivity (Wildman–Crippen MR) is 96.5 cm³/mol. The van der Waals surface area contributed by atoms with Crippen molar-refractivity contribution in [3.63, 3.8) is 0 Å². The number of nitrogens with one attached hydrogen (secondary N) is 3. The van der Waals surface area contributed by atoms with Gasteiger partial charge in [-0.25, -0.2) is 13.1 Å². The second-order valence-electron chi connectivity index (χ2n) is 5.67. The molecule has 1 amide bonds. The molecule has 0 saturated heterocycles. The Balaban J connectivity index is 1.66. The molecule has 7 heteroatoms. The van der Waals surface area contributed by atoms with E-state index in [1.54, 1.807) is 18.2 Å². The summed E-state index contributed by atoms with van der Waals surface area (Å²) in [5.41, 5.74) is 2.65. The molecule has 3 aromatic rings. The number of carbonyl (C=O) groups excluding carboxylic acids is 1. The highest BCUT2D eigenvalue weighted by Gasteiger charge is 2.12. The number of hydrogen-bond donors (Lipinski definition) is 3. The van der Waals surface area contributed by atoms with Gasteiger partial charge in [-0.2, -0.15) is 0 Å². The number of para-hydroxylation sites is 1. The van der Waals surface area contributed by atoms with Crippen LogP contribution in [0, 0.1) is 0 Å². The zero-order valence-corrected chi connectivity index (χ0v) is 14.6. The molecule has 0 aliphatic rings. The van der Waals surface area contributed by atoms with E-state index in [9.17, 15) is 13.2 Å². The molecule has 6 nitrogen and oxygen atoms in total. The zero-order chi connectivity index (χ0) is 17.9. The lowest BCUT2D eigenvalue weighted by Gasteiger charge is -2.07. The Morgan fingerprint density at radius 3 is 2.72 bits per heavy atom. The van der Waals surface area contributed by atoms with Gasteiger partial charge < -0.3 is 10.3 Å². The molecule has 0 radical (unpaired) electrons. The summed E-state index contributed by atoms with van der Waals surface area (Å²) in [5.74, 6) is -0.119. The Morgan fingerprint density at radius 2 is 1.92 bits per heavy atom. The summed E-state index contributed by atoms with van der Waals surface area (Å²) in [7, 11) is -2.13. The van der Waals surface area contributed by atoms with Crippen molar-refractivity contribution in [3.05, 3.63) is 65.9 Å². The van der Waals surface area contributed by atoms with Gasteiger partial charge in [-0.1, -0.05) is 30.3 Å². The second kappa shape index (κ2) is 7.08. The van der Waals surface area contributed by atoms with Crippen LogP contribution in [-0.4, -0.2) is 26.4 Å². The topological polar surface area (TPSA) is 91.1 Å². The van der Waals surface area contributed by atoms with Crippen molar-refractivity contribution in [1.29, 1.82) is 0 Å². The molecular formula is C18H19N3O3S. The number of aromatic amines is 1. The summed E-state index contributed by atoms with van der Waals surface area (Å²) in [6.45, 7) is 0.272. The number of benzene rings is 2. The molecule has 0 aliphatic carbocycles. The van der Waals surface area contributed by atoms with Crippen LogP contribution in [-0.2, 0) is 27.8 Å². The van der Waals surface area contributed by atoms with Gasteiger partial charge in [-0.3, -0.25) is 4.79 Å². The number of hydrogen-bond acceptors (Lipinski definition) is 3. The lowest BCUT2D eigenvalue weighted by molar-refractivity contribution is -0.120. The maximum Gasteiger partial charge on any atom is 0.240 e. The first-order valence-electron chi connectivity index (χ1n) is 7.84. The Morgan fingerprint density at radius 1 is 1.12 bits per heavy atom. The van der Waals surface area contributed by atoms with Gasteiger partial charge in [-0.15, -0.1) is 0 Å². The van der Waals surface area contributed by atoms with Crippen molar-refractivity contribution < 1.29 is 13.2 Å². The van der Waals surface area contributed by atoms with Gasteiger partial charge in [0.1, 0.15) is 0 Å². The Bertz CT molecular complexity index is 1010. The molecule has 3 rings (SSSR count). The number of amides is 1. The summed E-state index contributed by atoms with van der Waals surface area (Å²) in [6.07, 6.45) is 2.10. The van der Waals surface area contributed by atoms with E-state index in [0.29, 0.717) is 0 Å². The lowest BCUT2D eigenvalue weighted by Crippen LogP contribution is -2.25. The van der Waals surface area contributed by atoms with Crippen LogP contribution in [0.15, 0.2) is 59.6 Å². The highest BCUT2D eigenvalue weighted by molar-refractivity contribution is 7.89. The maximum absolute atomic E-state index is 12.2. The molecular weight excluding hydrogens is 338 g/mol. The molecule has 0 aliphatic heterocycles. The van der Waals surface area contributed by atoms with Crippen molar-refractivity contribution in [2.75, 3.05) is 7.05 Å². The quantitative estimate of drug-likeness (QED) is 0.630. The number of H-pyrrole nitrogens is 1. The number of carbonyl (C=O) groups is 1. The van der Waals surface area contributed by atoms with Crippen molar-refractivity contribution >= 4 is 26.8 Å². The average molecular weight is 357 g/mol. The SMILES string of the molecule is CNS(=O)(=O)c1cccc(CNC(=O)Cc2c[nH]c3ccccc23)c1. The van der Waals surface area contributed by atoms with E-state index in [2.05, 4.69) is 15.0 Å². The standard InChI is InChI=1S/C18H19N3O3S/c1-19-25(23,24)15-6-4-5-13(9-15)11-21-18(22)10-14-12-20-17-8-3-2-7-16(14)17/h2-9,12,19-20H,10-11H2,1H3,(H,21,22). The molecule has 0 fully saturated rings. The zero-order valence-electron chi connectivity index (χ0n) is 13.7. The first kappa shape index (κ1) is 17.2. The minimum atomic E-state index is -3.49. The number of aromatic nitrogens is 1. The Hall–Kier alpha value is -2.64. The Labute approximate surface area is 146 Å². The van der Waals surface area contributed by atoms with Gasteiger partial charge in [0.05, 0.1) is 11.3 Å². The van der Waals surface area contributed by atoms with E-state index in [-0.39, 0.29) is 23.8 Å². The molecule has 1 heterocycles. The van der Waals surface area contributed by atoms with Crippen molar-refractivity contribution in [1.82, 2.24) is 15.0 Å². The first-order chi connectivity index (χ1) is 12.0. The number of sulfonamides is 1.